The number of para-hydroxylation sites is 1. The van der Waals surface area contributed by atoms with Crippen molar-refractivity contribution in [3.63, 3.8) is 0 Å². The highest BCUT2D eigenvalue weighted by Gasteiger charge is 2.15. The zero-order valence-electron chi connectivity index (χ0n) is 14.5. The molecule has 2 aromatic carbocycles. The van der Waals surface area contributed by atoms with Crippen LogP contribution in [0, 0.1) is 6.92 Å². The maximum atomic E-state index is 13.0. The minimum Gasteiger partial charge on any atom is -0.493 e. The van der Waals surface area contributed by atoms with Crippen molar-refractivity contribution in [2.75, 3.05) is 6.61 Å². The largest absolute Gasteiger partial charge is 0.493 e. The Kier molecular flexibility index (Phi) is 4.26. The molecule has 0 aliphatic rings. The fourth-order valence-corrected chi connectivity index (χ4v) is 3.79. The Balaban J connectivity index is 1.91. The molecule has 26 heavy (non-hydrogen) atoms. The van der Waals surface area contributed by atoms with Crippen LogP contribution >= 0.6 is 11.3 Å². The van der Waals surface area contributed by atoms with E-state index in [-0.39, 0.29) is 5.56 Å². The molecule has 0 amide bonds. The van der Waals surface area contributed by atoms with Crippen molar-refractivity contribution >= 4 is 22.4 Å². The number of aromatic nitrogens is 3. The van der Waals surface area contributed by atoms with E-state index < -0.39 is 0 Å². The molecule has 5 nitrogen and oxygen atoms in total. The van der Waals surface area contributed by atoms with Crippen LogP contribution in [0.25, 0.3) is 22.4 Å². The van der Waals surface area contributed by atoms with Gasteiger partial charge in [0.25, 0.3) is 5.56 Å². The van der Waals surface area contributed by atoms with Crippen LogP contribution < -0.4 is 14.8 Å². The summed E-state index contributed by atoms with van der Waals surface area (Å²) in [6.45, 7) is 4.51. The van der Waals surface area contributed by atoms with Crippen molar-refractivity contribution < 1.29 is 4.74 Å². The first-order valence-corrected chi connectivity index (χ1v) is 9.18. The van der Waals surface area contributed by atoms with E-state index in [2.05, 4.69) is 10.2 Å². The summed E-state index contributed by atoms with van der Waals surface area (Å²) in [4.78, 5) is 13.6. The van der Waals surface area contributed by atoms with Gasteiger partial charge in [-0.1, -0.05) is 53.8 Å². The molecule has 2 aromatic heterocycles. The van der Waals surface area contributed by atoms with Gasteiger partial charge >= 0.3 is 0 Å². The fourth-order valence-electron chi connectivity index (χ4n) is 2.89. The van der Waals surface area contributed by atoms with E-state index in [1.165, 1.54) is 11.3 Å². The maximum absolute atomic E-state index is 13.0. The maximum Gasteiger partial charge on any atom is 0.276 e. The quantitative estimate of drug-likeness (QED) is 0.559. The zero-order chi connectivity index (χ0) is 18.1. The number of nitrogens with zero attached hydrogens (tertiary/aromatic N) is 3. The Morgan fingerprint density at radius 2 is 1.88 bits per heavy atom. The van der Waals surface area contributed by atoms with Gasteiger partial charge < -0.3 is 4.74 Å². The van der Waals surface area contributed by atoms with Crippen molar-refractivity contribution in [3.05, 3.63) is 74.5 Å². The number of rotatable bonds is 4. The third-order valence-corrected chi connectivity index (χ3v) is 5.10. The molecule has 4 rings (SSSR count). The molecule has 2 heterocycles. The number of fused-ring (bicyclic) bond motifs is 1. The summed E-state index contributed by atoms with van der Waals surface area (Å²) in [5.41, 5.74) is 2.73. The molecule has 0 unspecified atom stereocenters. The van der Waals surface area contributed by atoms with Crippen molar-refractivity contribution in [3.8, 4) is 17.1 Å². The van der Waals surface area contributed by atoms with Gasteiger partial charge in [-0.3, -0.25) is 4.79 Å². The average molecular weight is 363 g/mol. The highest BCUT2D eigenvalue weighted by atomic mass is 32.1. The summed E-state index contributed by atoms with van der Waals surface area (Å²) < 4.78 is 7.84. The van der Waals surface area contributed by atoms with E-state index >= 15 is 0 Å². The molecule has 0 N–H and O–H groups in total. The lowest BCUT2D eigenvalue weighted by Gasteiger charge is -2.05. The average Bonchev–Trinajstić information content (AvgIpc) is 3.18. The van der Waals surface area contributed by atoms with Crippen molar-refractivity contribution in [2.24, 2.45) is 0 Å². The highest BCUT2D eigenvalue weighted by molar-refractivity contribution is 7.15. The van der Waals surface area contributed by atoms with E-state index in [9.17, 15) is 4.79 Å². The van der Waals surface area contributed by atoms with Gasteiger partial charge in [0, 0.05) is 11.1 Å². The van der Waals surface area contributed by atoms with Crippen LogP contribution in [0.2, 0.25) is 0 Å². The Hall–Kier alpha value is -2.99. The molecule has 0 aliphatic heterocycles. The second-order valence-electron chi connectivity index (χ2n) is 5.84. The second kappa shape index (κ2) is 6.72. The lowest BCUT2D eigenvalue weighted by atomic mass is 10.1. The van der Waals surface area contributed by atoms with E-state index in [0.717, 1.165) is 22.4 Å². The highest BCUT2D eigenvalue weighted by Crippen LogP contribution is 2.22. The predicted molar refractivity (Wildman–Crippen MR) is 104 cm³/mol. The standard InChI is InChI=1S/C20H17N3O2S/c1-3-25-16-11-7-5-9-14(16)12-17-19(24)23-18(21-22-20(23)26-17)15-10-6-4-8-13(15)2/h4-12H,3H2,1-2H3. The fraction of sp³-hybridized carbons (Fsp3) is 0.150. The third-order valence-electron chi connectivity index (χ3n) is 4.14. The third kappa shape index (κ3) is 2.78. The molecule has 0 aliphatic carbocycles. The molecule has 0 atom stereocenters. The number of hydrogen-bond acceptors (Lipinski definition) is 5. The van der Waals surface area contributed by atoms with Crippen LogP contribution in [0.3, 0.4) is 0 Å². The van der Waals surface area contributed by atoms with Gasteiger partial charge in [-0.05, 0) is 31.6 Å². The van der Waals surface area contributed by atoms with E-state index in [1.54, 1.807) is 4.40 Å². The topological polar surface area (TPSA) is 56.5 Å². The number of aryl methyl sites for hydroxylation is 1. The van der Waals surface area contributed by atoms with Crippen LogP contribution in [0.4, 0.5) is 0 Å². The molecule has 0 saturated carbocycles. The minimum atomic E-state index is -0.112. The number of hydrogen-bond donors (Lipinski definition) is 0. The summed E-state index contributed by atoms with van der Waals surface area (Å²) in [6, 6.07) is 15.5. The van der Waals surface area contributed by atoms with Gasteiger partial charge in [-0.15, -0.1) is 10.2 Å². The van der Waals surface area contributed by atoms with E-state index in [4.69, 9.17) is 4.74 Å². The van der Waals surface area contributed by atoms with Crippen LogP contribution in [0.1, 0.15) is 18.1 Å². The molecule has 130 valence electrons. The van der Waals surface area contributed by atoms with Crippen LogP contribution in [-0.4, -0.2) is 21.2 Å². The predicted octanol–water partition coefficient (Wildman–Crippen LogP) is 3.07. The first-order valence-electron chi connectivity index (χ1n) is 8.36. The number of ether oxygens (including phenoxy) is 1. The molecule has 0 radical (unpaired) electrons. The normalized spacial score (nSPS) is 12.0. The lowest BCUT2D eigenvalue weighted by molar-refractivity contribution is 0.339. The molecule has 0 saturated heterocycles. The van der Waals surface area contributed by atoms with Gasteiger partial charge in [-0.25, -0.2) is 4.40 Å². The Labute approximate surface area is 154 Å². The van der Waals surface area contributed by atoms with E-state index in [0.29, 0.717) is 21.9 Å². The molecular weight excluding hydrogens is 346 g/mol. The lowest BCUT2D eigenvalue weighted by Crippen LogP contribution is -2.23. The van der Waals surface area contributed by atoms with Gasteiger partial charge in [0.15, 0.2) is 5.82 Å². The Morgan fingerprint density at radius 3 is 2.69 bits per heavy atom. The first-order chi connectivity index (χ1) is 12.7. The molecule has 0 fully saturated rings. The van der Waals surface area contributed by atoms with Gasteiger partial charge in [0.2, 0.25) is 4.96 Å². The minimum absolute atomic E-state index is 0.112. The van der Waals surface area contributed by atoms with Crippen molar-refractivity contribution in [1.82, 2.24) is 14.6 Å². The zero-order valence-corrected chi connectivity index (χ0v) is 15.3. The van der Waals surface area contributed by atoms with Gasteiger partial charge in [0.1, 0.15) is 5.75 Å². The molecule has 0 spiro atoms. The summed E-state index contributed by atoms with van der Waals surface area (Å²) >= 11 is 1.33. The van der Waals surface area contributed by atoms with Crippen molar-refractivity contribution in [1.29, 1.82) is 0 Å². The van der Waals surface area contributed by atoms with E-state index in [1.807, 2.05) is 68.5 Å². The van der Waals surface area contributed by atoms with Crippen molar-refractivity contribution in [2.45, 2.75) is 13.8 Å². The SMILES string of the molecule is CCOc1ccccc1C=c1sc2nnc(-c3ccccc3C)n2c1=O. The van der Waals surface area contributed by atoms with Crippen LogP contribution in [-0.2, 0) is 0 Å². The smallest absolute Gasteiger partial charge is 0.276 e. The summed E-state index contributed by atoms with van der Waals surface area (Å²) in [7, 11) is 0. The summed E-state index contributed by atoms with van der Waals surface area (Å²) in [5.74, 6) is 1.34. The monoisotopic (exact) mass is 363 g/mol. The number of thiazole rings is 1. The molecule has 6 heteroatoms. The molecule has 4 aromatic rings. The number of benzene rings is 2. The molecular formula is C20H17N3O2S. The Morgan fingerprint density at radius 1 is 1.12 bits per heavy atom. The second-order valence-corrected chi connectivity index (χ2v) is 6.85. The summed E-state index contributed by atoms with van der Waals surface area (Å²) in [5, 5.41) is 8.43. The summed E-state index contributed by atoms with van der Waals surface area (Å²) in [6.07, 6.45) is 1.86. The van der Waals surface area contributed by atoms with Gasteiger partial charge in [-0.2, -0.15) is 0 Å². The first kappa shape index (κ1) is 16.5. The Bertz CT molecular complexity index is 1190. The van der Waals surface area contributed by atoms with Gasteiger partial charge in [0.05, 0.1) is 11.1 Å². The molecule has 0 bridgehead atoms. The van der Waals surface area contributed by atoms with Crippen LogP contribution in [0.15, 0.2) is 53.3 Å². The van der Waals surface area contributed by atoms with Crippen LogP contribution in [0.5, 0.6) is 5.75 Å².